The summed E-state index contributed by atoms with van der Waals surface area (Å²) in [6.07, 6.45) is 4.09. The van der Waals surface area contributed by atoms with Crippen molar-refractivity contribution in [1.29, 1.82) is 0 Å². The van der Waals surface area contributed by atoms with Gasteiger partial charge in [0.1, 0.15) is 0 Å². The molecule has 1 aliphatic rings. The summed E-state index contributed by atoms with van der Waals surface area (Å²) in [5.41, 5.74) is 0.470. The number of hydrogen-bond donors (Lipinski definition) is 1. The normalized spacial score (nSPS) is 25.1. The van der Waals surface area contributed by atoms with Crippen LogP contribution in [0.4, 0.5) is 0 Å². The highest BCUT2D eigenvalue weighted by atomic mass is 79.9. The molecule has 0 aromatic carbocycles. The second-order valence-corrected chi connectivity index (χ2v) is 7.95. The maximum atomic E-state index is 3.63. The number of aryl methyl sites for hydroxylation is 1. The van der Waals surface area contributed by atoms with E-state index in [-0.39, 0.29) is 0 Å². The summed E-state index contributed by atoms with van der Waals surface area (Å²) in [6, 6.07) is 2.82. The molecule has 17 heavy (non-hydrogen) atoms. The molecule has 2 unspecified atom stereocenters. The molecule has 1 aliphatic carbocycles. The average Bonchev–Trinajstić information content (AvgIpc) is 2.74. The van der Waals surface area contributed by atoms with Gasteiger partial charge in [-0.25, -0.2) is 0 Å². The second kappa shape index (κ2) is 5.02. The van der Waals surface area contributed by atoms with E-state index in [9.17, 15) is 0 Å². The van der Waals surface area contributed by atoms with Crippen LogP contribution in [0.5, 0.6) is 0 Å². The molecular formula is C14H22BrNS. The highest BCUT2D eigenvalue weighted by Crippen LogP contribution is 2.50. The zero-order chi connectivity index (χ0) is 12.6. The number of hydrogen-bond acceptors (Lipinski definition) is 2. The molecule has 1 saturated carbocycles. The first-order valence-electron chi connectivity index (χ1n) is 6.39. The number of rotatable bonds is 3. The van der Waals surface area contributed by atoms with Crippen LogP contribution in [0.1, 0.15) is 48.9 Å². The van der Waals surface area contributed by atoms with Crippen LogP contribution in [0, 0.1) is 18.3 Å². The largest absolute Gasteiger partial charge is 0.312 e. The monoisotopic (exact) mass is 315 g/mol. The molecule has 2 rings (SSSR count). The third-order valence-electron chi connectivity index (χ3n) is 4.24. The molecular weight excluding hydrogens is 294 g/mol. The van der Waals surface area contributed by atoms with E-state index in [2.05, 4.69) is 55.1 Å². The molecule has 1 heterocycles. The fourth-order valence-corrected chi connectivity index (χ4v) is 4.88. The van der Waals surface area contributed by atoms with Gasteiger partial charge in [-0.15, -0.1) is 11.3 Å². The summed E-state index contributed by atoms with van der Waals surface area (Å²) in [6.45, 7) is 7.03. The lowest BCUT2D eigenvalue weighted by atomic mass is 9.77. The summed E-state index contributed by atoms with van der Waals surface area (Å²) in [5, 5.41) is 3.55. The van der Waals surface area contributed by atoms with Crippen molar-refractivity contribution in [3.63, 3.8) is 0 Å². The standard InChI is InChI=1S/C14H22BrNS/c1-9-11(15)8-12(17-9)13(16-4)10-6-5-7-14(10,2)3/h8,10,13,16H,5-7H2,1-4H3. The molecule has 0 saturated heterocycles. The molecule has 1 aromatic rings. The first-order chi connectivity index (χ1) is 7.95. The van der Waals surface area contributed by atoms with Crippen molar-refractivity contribution < 1.29 is 0 Å². The lowest BCUT2D eigenvalue weighted by Crippen LogP contribution is -2.31. The smallest absolute Gasteiger partial charge is 0.0446 e. The maximum absolute atomic E-state index is 3.63. The Morgan fingerprint density at radius 3 is 2.65 bits per heavy atom. The van der Waals surface area contributed by atoms with E-state index in [1.165, 1.54) is 33.5 Å². The van der Waals surface area contributed by atoms with Crippen molar-refractivity contribution in [2.24, 2.45) is 11.3 Å². The Bertz CT molecular complexity index is 377. The van der Waals surface area contributed by atoms with Gasteiger partial charge in [0.15, 0.2) is 0 Å². The van der Waals surface area contributed by atoms with Crippen molar-refractivity contribution in [3.8, 4) is 0 Å². The Balaban J connectivity index is 2.27. The summed E-state index contributed by atoms with van der Waals surface area (Å²) in [5.74, 6) is 0.762. The van der Waals surface area contributed by atoms with E-state index in [1.807, 2.05) is 11.3 Å². The van der Waals surface area contributed by atoms with E-state index in [1.54, 1.807) is 0 Å². The van der Waals surface area contributed by atoms with Gasteiger partial charge in [-0.1, -0.05) is 20.3 Å². The lowest BCUT2D eigenvalue weighted by molar-refractivity contribution is 0.205. The quantitative estimate of drug-likeness (QED) is 0.836. The van der Waals surface area contributed by atoms with Gasteiger partial charge in [-0.05, 0) is 60.1 Å². The number of thiophene rings is 1. The summed E-state index contributed by atoms with van der Waals surface area (Å²) in [7, 11) is 2.10. The van der Waals surface area contributed by atoms with E-state index in [4.69, 9.17) is 0 Å². The van der Waals surface area contributed by atoms with Crippen LogP contribution in [0.2, 0.25) is 0 Å². The van der Waals surface area contributed by atoms with Gasteiger partial charge in [0.05, 0.1) is 0 Å². The van der Waals surface area contributed by atoms with Gasteiger partial charge in [0, 0.05) is 20.3 Å². The van der Waals surface area contributed by atoms with Gasteiger partial charge in [-0.3, -0.25) is 0 Å². The minimum atomic E-state index is 0.470. The molecule has 1 nitrogen and oxygen atoms in total. The maximum Gasteiger partial charge on any atom is 0.0446 e. The first-order valence-corrected chi connectivity index (χ1v) is 8.00. The van der Waals surface area contributed by atoms with Gasteiger partial charge in [0.25, 0.3) is 0 Å². The van der Waals surface area contributed by atoms with Gasteiger partial charge in [0.2, 0.25) is 0 Å². The minimum Gasteiger partial charge on any atom is -0.312 e. The van der Waals surface area contributed by atoms with Gasteiger partial charge < -0.3 is 5.32 Å². The van der Waals surface area contributed by atoms with Crippen LogP contribution in [-0.2, 0) is 0 Å². The van der Waals surface area contributed by atoms with Crippen molar-refractivity contribution in [3.05, 3.63) is 20.3 Å². The SMILES string of the molecule is CNC(c1cc(Br)c(C)s1)C1CCCC1(C)C. The van der Waals surface area contributed by atoms with Crippen LogP contribution < -0.4 is 5.32 Å². The number of halogens is 1. The molecule has 96 valence electrons. The Kier molecular flexibility index (Phi) is 4.01. The first kappa shape index (κ1) is 13.6. The van der Waals surface area contributed by atoms with E-state index in [0.29, 0.717) is 11.5 Å². The topological polar surface area (TPSA) is 12.0 Å². The average molecular weight is 316 g/mol. The molecule has 1 aromatic heterocycles. The molecule has 0 bridgehead atoms. The molecule has 3 heteroatoms. The Morgan fingerprint density at radius 2 is 2.24 bits per heavy atom. The fourth-order valence-electron chi connectivity index (χ4n) is 3.15. The van der Waals surface area contributed by atoms with Crippen LogP contribution in [-0.4, -0.2) is 7.05 Å². The predicted molar refractivity (Wildman–Crippen MR) is 79.7 cm³/mol. The number of nitrogens with one attached hydrogen (secondary N) is 1. The molecule has 0 amide bonds. The third kappa shape index (κ3) is 2.61. The second-order valence-electron chi connectivity index (χ2n) is 5.81. The van der Waals surface area contributed by atoms with Crippen LogP contribution in [0.3, 0.4) is 0 Å². The van der Waals surface area contributed by atoms with Crippen LogP contribution in [0.25, 0.3) is 0 Å². The van der Waals surface area contributed by atoms with Crippen LogP contribution in [0.15, 0.2) is 10.5 Å². The van der Waals surface area contributed by atoms with Crippen LogP contribution >= 0.6 is 27.3 Å². The highest BCUT2D eigenvalue weighted by molar-refractivity contribution is 9.10. The van der Waals surface area contributed by atoms with E-state index < -0.39 is 0 Å². The molecule has 2 atom stereocenters. The summed E-state index contributed by atoms with van der Waals surface area (Å²) in [4.78, 5) is 2.87. The third-order valence-corrected chi connectivity index (χ3v) is 6.46. The predicted octanol–water partition coefficient (Wildman–Crippen LogP) is 4.91. The van der Waals surface area contributed by atoms with Crippen molar-refractivity contribution in [2.75, 3.05) is 7.05 Å². The van der Waals surface area contributed by atoms with E-state index in [0.717, 1.165) is 5.92 Å². The molecule has 1 N–H and O–H groups in total. The highest BCUT2D eigenvalue weighted by Gasteiger charge is 2.40. The Hall–Kier alpha value is 0.140. The lowest BCUT2D eigenvalue weighted by Gasteiger charge is -2.33. The molecule has 1 fully saturated rings. The van der Waals surface area contributed by atoms with Gasteiger partial charge in [-0.2, -0.15) is 0 Å². The fraction of sp³-hybridized carbons (Fsp3) is 0.714. The van der Waals surface area contributed by atoms with Crippen molar-refractivity contribution >= 4 is 27.3 Å². The summed E-state index contributed by atoms with van der Waals surface area (Å²) < 4.78 is 1.26. The van der Waals surface area contributed by atoms with Crippen molar-refractivity contribution in [2.45, 2.75) is 46.1 Å². The van der Waals surface area contributed by atoms with E-state index >= 15 is 0 Å². The Morgan fingerprint density at radius 1 is 1.53 bits per heavy atom. The zero-order valence-corrected chi connectivity index (χ0v) is 13.5. The molecule has 0 spiro atoms. The minimum absolute atomic E-state index is 0.470. The molecule has 0 radical (unpaired) electrons. The van der Waals surface area contributed by atoms with Gasteiger partial charge >= 0.3 is 0 Å². The molecule has 0 aliphatic heterocycles. The summed E-state index contributed by atoms with van der Waals surface area (Å²) >= 11 is 5.56. The zero-order valence-electron chi connectivity index (χ0n) is 11.1. The van der Waals surface area contributed by atoms with Crippen molar-refractivity contribution in [1.82, 2.24) is 5.32 Å². The Labute approximate surface area is 117 Å².